The van der Waals surface area contributed by atoms with Crippen LogP contribution in [-0.2, 0) is 14.8 Å². The quantitative estimate of drug-likeness (QED) is 0.429. The third-order valence-corrected chi connectivity index (χ3v) is 6.90. The van der Waals surface area contributed by atoms with Gasteiger partial charge >= 0.3 is 0 Å². The van der Waals surface area contributed by atoms with E-state index in [1.54, 1.807) is 66.7 Å². The molecule has 0 aliphatic carbocycles. The van der Waals surface area contributed by atoms with Crippen LogP contribution in [-0.4, -0.2) is 20.9 Å². The van der Waals surface area contributed by atoms with Crippen molar-refractivity contribution in [1.29, 1.82) is 0 Å². The number of sulfonamides is 1. The molecule has 0 atom stereocenters. The van der Waals surface area contributed by atoms with Crippen molar-refractivity contribution in [2.24, 2.45) is 0 Å². The number of carbonyl (C=O) groups excluding carboxylic acids is 1. The molecule has 0 bridgehead atoms. The molecule has 3 aromatic rings. The maximum absolute atomic E-state index is 13.2. The van der Waals surface area contributed by atoms with Gasteiger partial charge in [-0.25, -0.2) is 8.42 Å². The van der Waals surface area contributed by atoms with Crippen molar-refractivity contribution in [3.63, 3.8) is 0 Å². The molecule has 0 saturated heterocycles. The van der Waals surface area contributed by atoms with Gasteiger partial charge in [0.25, 0.3) is 10.0 Å². The molecule has 8 heteroatoms. The highest BCUT2D eigenvalue weighted by Gasteiger charge is 2.27. The number of carbonyl (C=O) groups is 1. The van der Waals surface area contributed by atoms with Gasteiger partial charge in [-0.1, -0.05) is 34.1 Å². The summed E-state index contributed by atoms with van der Waals surface area (Å²) in [6.45, 7) is -0.339. The molecule has 1 amide bonds. The van der Waals surface area contributed by atoms with Crippen LogP contribution >= 0.6 is 38.5 Å². The van der Waals surface area contributed by atoms with E-state index in [2.05, 4.69) is 43.8 Å². The van der Waals surface area contributed by atoms with E-state index in [1.165, 1.54) is 12.1 Å². The maximum Gasteiger partial charge on any atom is 0.264 e. The van der Waals surface area contributed by atoms with Gasteiger partial charge in [-0.2, -0.15) is 0 Å². The molecule has 0 heterocycles. The minimum atomic E-state index is -3.90. The predicted octanol–water partition coefficient (Wildman–Crippen LogP) is 4.89. The number of nitrogens with zero attached hydrogens (tertiary/aromatic N) is 1. The Kier molecular flexibility index (Phi) is 6.73. The monoisotopic (exact) mass is 570 g/mol. The second-order valence-corrected chi connectivity index (χ2v) is 9.88. The van der Waals surface area contributed by atoms with Crippen LogP contribution < -0.4 is 9.62 Å². The maximum atomic E-state index is 13.2. The Morgan fingerprint density at radius 3 is 2.14 bits per heavy atom. The highest BCUT2D eigenvalue weighted by atomic mass is 127. The van der Waals surface area contributed by atoms with E-state index >= 15 is 0 Å². The summed E-state index contributed by atoms with van der Waals surface area (Å²) in [6, 6.07) is 22.1. The van der Waals surface area contributed by atoms with Gasteiger partial charge in [0.1, 0.15) is 6.54 Å². The van der Waals surface area contributed by atoms with E-state index in [-0.39, 0.29) is 11.4 Å². The van der Waals surface area contributed by atoms with Gasteiger partial charge in [0.15, 0.2) is 0 Å². The first-order chi connectivity index (χ1) is 13.4. The Labute approximate surface area is 186 Å². The van der Waals surface area contributed by atoms with Crippen LogP contribution in [0.1, 0.15) is 0 Å². The van der Waals surface area contributed by atoms with Crippen LogP contribution in [0.5, 0.6) is 0 Å². The second kappa shape index (κ2) is 9.06. The molecule has 0 aliphatic heterocycles. The summed E-state index contributed by atoms with van der Waals surface area (Å²) in [5.41, 5.74) is 1.02. The zero-order valence-electron chi connectivity index (χ0n) is 14.5. The first-order valence-corrected chi connectivity index (χ1v) is 11.6. The zero-order chi connectivity index (χ0) is 20.1. The fourth-order valence-electron chi connectivity index (χ4n) is 2.51. The van der Waals surface area contributed by atoms with E-state index in [1.807, 2.05) is 0 Å². The van der Waals surface area contributed by atoms with Crippen LogP contribution in [0.3, 0.4) is 0 Å². The fraction of sp³-hybridized carbons (Fsp3) is 0.0500. The highest BCUT2D eigenvalue weighted by molar-refractivity contribution is 14.1. The van der Waals surface area contributed by atoms with Crippen molar-refractivity contribution in [2.45, 2.75) is 4.90 Å². The van der Waals surface area contributed by atoms with Gasteiger partial charge in [-0.3, -0.25) is 9.10 Å². The number of hydrogen-bond acceptors (Lipinski definition) is 3. The molecule has 0 aliphatic rings. The van der Waals surface area contributed by atoms with Crippen LogP contribution in [0, 0.1) is 3.57 Å². The van der Waals surface area contributed by atoms with E-state index in [0.29, 0.717) is 11.4 Å². The molecule has 5 nitrogen and oxygen atoms in total. The molecule has 28 heavy (non-hydrogen) atoms. The van der Waals surface area contributed by atoms with Crippen LogP contribution in [0.25, 0.3) is 0 Å². The molecule has 0 fully saturated rings. The third kappa shape index (κ3) is 5.12. The molecule has 0 spiro atoms. The van der Waals surface area contributed by atoms with Crippen molar-refractivity contribution in [1.82, 2.24) is 0 Å². The molecule has 0 radical (unpaired) electrons. The third-order valence-electron chi connectivity index (χ3n) is 3.86. The molecule has 3 rings (SSSR count). The lowest BCUT2D eigenvalue weighted by Gasteiger charge is -2.24. The molecule has 3 aromatic carbocycles. The minimum absolute atomic E-state index is 0.130. The standard InChI is InChI=1S/C20H16BrIN2O3S/c21-15-6-10-17(11-7-15)23-20(25)14-24(18-12-8-16(22)9-13-18)28(26,27)19-4-2-1-3-5-19/h1-13H,14H2,(H,23,25). The van der Waals surface area contributed by atoms with Crippen LogP contribution in [0.4, 0.5) is 11.4 Å². The Morgan fingerprint density at radius 2 is 1.54 bits per heavy atom. The van der Waals surface area contributed by atoms with Gasteiger partial charge in [-0.05, 0) is 83.3 Å². The Hall–Kier alpha value is -1.91. The number of rotatable bonds is 6. The summed E-state index contributed by atoms with van der Waals surface area (Å²) in [4.78, 5) is 12.7. The average molecular weight is 571 g/mol. The Balaban J connectivity index is 1.91. The van der Waals surface area contributed by atoms with Crippen molar-refractivity contribution in [2.75, 3.05) is 16.2 Å². The van der Waals surface area contributed by atoms with Gasteiger partial charge in [-0.15, -0.1) is 0 Å². The molecular weight excluding hydrogens is 555 g/mol. The van der Waals surface area contributed by atoms with Crippen LogP contribution in [0.2, 0.25) is 0 Å². The number of anilines is 2. The van der Waals surface area contributed by atoms with Crippen molar-refractivity contribution in [3.05, 3.63) is 86.9 Å². The van der Waals surface area contributed by atoms with E-state index < -0.39 is 15.9 Å². The minimum Gasteiger partial charge on any atom is -0.325 e. The number of halogens is 2. The van der Waals surface area contributed by atoms with Gasteiger partial charge < -0.3 is 5.32 Å². The summed E-state index contributed by atoms with van der Waals surface area (Å²) in [5, 5.41) is 2.74. The number of hydrogen-bond donors (Lipinski definition) is 1. The second-order valence-electron chi connectivity index (χ2n) is 5.86. The summed E-state index contributed by atoms with van der Waals surface area (Å²) < 4.78 is 29.4. The van der Waals surface area contributed by atoms with Gasteiger partial charge in [0.05, 0.1) is 10.6 Å². The van der Waals surface area contributed by atoms with Gasteiger partial charge in [0, 0.05) is 13.7 Å². The molecule has 144 valence electrons. The molecule has 0 aromatic heterocycles. The predicted molar refractivity (Wildman–Crippen MR) is 123 cm³/mol. The molecule has 1 N–H and O–H groups in total. The molecule has 0 saturated carbocycles. The zero-order valence-corrected chi connectivity index (χ0v) is 19.1. The van der Waals surface area contributed by atoms with Crippen molar-refractivity contribution < 1.29 is 13.2 Å². The van der Waals surface area contributed by atoms with E-state index in [4.69, 9.17) is 0 Å². The summed E-state index contributed by atoms with van der Waals surface area (Å²) in [7, 11) is -3.90. The number of amides is 1. The van der Waals surface area contributed by atoms with E-state index in [9.17, 15) is 13.2 Å². The Morgan fingerprint density at radius 1 is 0.929 bits per heavy atom. The van der Waals surface area contributed by atoms with Crippen molar-refractivity contribution in [3.8, 4) is 0 Å². The lowest BCUT2D eigenvalue weighted by Crippen LogP contribution is -2.38. The fourth-order valence-corrected chi connectivity index (χ4v) is 4.57. The number of benzene rings is 3. The van der Waals surface area contributed by atoms with Crippen LogP contribution in [0.15, 0.2) is 88.2 Å². The normalized spacial score (nSPS) is 11.1. The van der Waals surface area contributed by atoms with Gasteiger partial charge in [0.2, 0.25) is 5.91 Å². The first-order valence-electron chi connectivity index (χ1n) is 8.25. The summed E-state index contributed by atoms with van der Waals surface area (Å²) >= 11 is 5.48. The molecule has 0 unspecified atom stereocenters. The van der Waals surface area contributed by atoms with E-state index in [0.717, 1.165) is 12.3 Å². The average Bonchev–Trinajstić information content (AvgIpc) is 2.69. The largest absolute Gasteiger partial charge is 0.325 e. The summed E-state index contributed by atoms with van der Waals surface area (Å²) in [5.74, 6) is -0.430. The lowest BCUT2D eigenvalue weighted by atomic mass is 10.3. The molecular formula is C20H16BrIN2O3S. The smallest absolute Gasteiger partial charge is 0.264 e. The Bertz CT molecular complexity index is 1060. The SMILES string of the molecule is O=C(CN(c1ccc(I)cc1)S(=O)(=O)c1ccccc1)Nc1ccc(Br)cc1. The topological polar surface area (TPSA) is 66.5 Å². The summed E-state index contributed by atoms with van der Waals surface area (Å²) in [6.07, 6.45) is 0. The highest BCUT2D eigenvalue weighted by Crippen LogP contribution is 2.24. The van der Waals surface area contributed by atoms with Crippen molar-refractivity contribution >= 4 is 65.8 Å². The first kappa shape index (κ1) is 20.8. The lowest BCUT2D eigenvalue weighted by molar-refractivity contribution is -0.114. The number of nitrogens with one attached hydrogen (secondary N) is 1.